The van der Waals surface area contributed by atoms with E-state index in [0.29, 0.717) is 6.54 Å². The van der Waals surface area contributed by atoms with Crippen molar-refractivity contribution in [2.75, 3.05) is 6.26 Å². The van der Waals surface area contributed by atoms with Crippen molar-refractivity contribution in [2.24, 2.45) is 0 Å². The molecule has 0 fully saturated rings. The second-order valence-corrected chi connectivity index (χ2v) is 6.39. The molecular weight excluding hydrogens is 302 g/mol. The molecule has 3 heteroatoms. The molecule has 0 saturated heterocycles. The molecule has 2 aromatic carbocycles. The molecule has 0 bridgehead atoms. The number of thioether (sulfide) groups is 1. The average Bonchev–Trinajstić information content (AvgIpc) is 2.59. The van der Waals surface area contributed by atoms with E-state index in [-0.39, 0.29) is 5.56 Å². The molecule has 3 aromatic rings. The minimum atomic E-state index is 0.0328. The van der Waals surface area contributed by atoms with Crippen molar-refractivity contribution in [3.05, 3.63) is 100.0 Å². The highest BCUT2D eigenvalue weighted by atomic mass is 32.2. The fraction of sp³-hybridized carbons (Fsp3) is 0.150. The molecule has 1 aromatic heterocycles. The Hall–Kier alpha value is -2.26. The van der Waals surface area contributed by atoms with Crippen LogP contribution in [0.25, 0.3) is 0 Å². The molecule has 3 rings (SSSR count). The Morgan fingerprint density at radius 2 is 1.65 bits per heavy atom. The van der Waals surface area contributed by atoms with Gasteiger partial charge in [-0.2, -0.15) is 0 Å². The highest BCUT2D eigenvalue weighted by Crippen LogP contribution is 2.18. The van der Waals surface area contributed by atoms with E-state index in [1.54, 1.807) is 28.5 Å². The lowest BCUT2D eigenvalue weighted by molar-refractivity contribution is 0.759. The van der Waals surface area contributed by atoms with Crippen LogP contribution in [0, 0.1) is 0 Å². The minimum absolute atomic E-state index is 0.0328. The summed E-state index contributed by atoms with van der Waals surface area (Å²) in [5, 5.41) is 0. The number of nitrogens with zero attached hydrogens (tertiary/aromatic N) is 1. The monoisotopic (exact) mass is 321 g/mol. The lowest BCUT2D eigenvalue weighted by atomic mass is 10.0. The Bertz CT molecular complexity index is 837. The molecule has 2 nitrogen and oxygen atoms in total. The summed E-state index contributed by atoms with van der Waals surface area (Å²) < 4.78 is 1.72. The van der Waals surface area contributed by atoms with Gasteiger partial charge in [-0.3, -0.25) is 4.79 Å². The van der Waals surface area contributed by atoms with Crippen LogP contribution >= 0.6 is 11.8 Å². The first-order chi connectivity index (χ1) is 11.2. The fourth-order valence-corrected chi connectivity index (χ4v) is 3.05. The molecule has 0 atom stereocenters. The molecule has 0 radical (unpaired) electrons. The van der Waals surface area contributed by atoms with Crippen LogP contribution in [0.5, 0.6) is 0 Å². The zero-order chi connectivity index (χ0) is 16.1. The van der Waals surface area contributed by atoms with Crippen LogP contribution in [-0.2, 0) is 13.0 Å². The van der Waals surface area contributed by atoms with Gasteiger partial charge in [-0.1, -0.05) is 42.5 Å². The van der Waals surface area contributed by atoms with Crippen LogP contribution in [0.15, 0.2) is 82.6 Å². The Kier molecular flexibility index (Phi) is 4.99. The number of pyridine rings is 1. The van der Waals surface area contributed by atoms with Crippen molar-refractivity contribution in [3.8, 4) is 0 Å². The average molecular weight is 321 g/mol. The van der Waals surface area contributed by atoms with Gasteiger partial charge in [0, 0.05) is 17.2 Å². The minimum Gasteiger partial charge on any atom is -0.311 e. The zero-order valence-corrected chi connectivity index (χ0v) is 13.9. The van der Waals surface area contributed by atoms with Crippen molar-refractivity contribution >= 4 is 11.8 Å². The number of hydrogen-bond donors (Lipinski definition) is 0. The Labute approximate surface area is 140 Å². The molecular formula is C20H19NOS. The summed E-state index contributed by atoms with van der Waals surface area (Å²) >= 11 is 1.77. The summed E-state index contributed by atoms with van der Waals surface area (Å²) in [7, 11) is 0. The van der Waals surface area contributed by atoms with Gasteiger partial charge in [0.05, 0.1) is 6.54 Å². The van der Waals surface area contributed by atoms with Crippen molar-refractivity contribution < 1.29 is 0 Å². The highest BCUT2D eigenvalue weighted by Gasteiger charge is 2.00. The topological polar surface area (TPSA) is 22.0 Å². The summed E-state index contributed by atoms with van der Waals surface area (Å²) in [6, 6.07) is 22.4. The maximum Gasteiger partial charge on any atom is 0.250 e. The zero-order valence-electron chi connectivity index (χ0n) is 13.1. The molecule has 23 heavy (non-hydrogen) atoms. The van der Waals surface area contributed by atoms with Gasteiger partial charge in [-0.25, -0.2) is 0 Å². The van der Waals surface area contributed by atoms with Gasteiger partial charge < -0.3 is 4.57 Å². The molecule has 0 N–H and O–H groups in total. The van der Waals surface area contributed by atoms with Crippen molar-refractivity contribution in [1.82, 2.24) is 4.57 Å². The maximum absolute atomic E-state index is 11.8. The predicted molar refractivity (Wildman–Crippen MR) is 97.3 cm³/mol. The summed E-state index contributed by atoms with van der Waals surface area (Å²) in [6.45, 7) is 0.613. The molecule has 0 saturated carbocycles. The normalized spacial score (nSPS) is 10.7. The van der Waals surface area contributed by atoms with Crippen LogP contribution in [0.3, 0.4) is 0 Å². The lowest BCUT2D eigenvalue weighted by Gasteiger charge is -2.07. The smallest absolute Gasteiger partial charge is 0.250 e. The van der Waals surface area contributed by atoms with Gasteiger partial charge in [0.1, 0.15) is 0 Å². The van der Waals surface area contributed by atoms with E-state index < -0.39 is 0 Å². The van der Waals surface area contributed by atoms with Crippen LogP contribution < -0.4 is 5.56 Å². The van der Waals surface area contributed by atoms with Crippen LogP contribution in [0.1, 0.15) is 16.7 Å². The van der Waals surface area contributed by atoms with E-state index in [1.807, 2.05) is 12.3 Å². The van der Waals surface area contributed by atoms with Gasteiger partial charge in [0.15, 0.2) is 0 Å². The van der Waals surface area contributed by atoms with Crippen molar-refractivity contribution in [2.45, 2.75) is 17.9 Å². The first-order valence-electron chi connectivity index (χ1n) is 7.61. The predicted octanol–water partition coefficient (Wildman–Crippen LogP) is 4.21. The summed E-state index contributed by atoms with van der Waals surface area (Å²) in [5.74, 6) is 0. The third-order valence-corrected chi connectivity index (χ3v) is 4.54. The van der Waals surface area contributed by atoms with E-state index in [4.69, 9.17) is 0 Å². The number of aromatic nitrogens is 1. The Morgan fingerprint density at radius 3 is 2.39 bits per heavy atom. The summed E-state index contributed by atoms with van der Waals surface area (Å²) in [5.41, 5.74) is 3.78. The molecule has 0 unspecified atom stereocenters. The SMILES string of the molecule is CSc1cccc(Cc2ccc(Cn3ccccc3=O)cc2)c1. The van der Waals surface area contributed by atoms with E-state index in [2.05, 4.69) is 54.8 Å². The first kappa shape index (κ1) is 15.6. The van der Waals surface area contributed by atoms with Crippen LogP contribution in [0.4, 0.5) is 0 Å². The molecule has 116 valence electrons. The number of rotatable bonds is 5. The molecule has 1 heterocycles. The highest BCUT2D eigenvalue weighted by molar-refractivity contribution is 7.98. The molecule has 0 aliphatic heterocycles. The molecule has 0 amide bonds. The first-order valence-corrected chi connectivity index (χ1v) is 8.83. The van der Waals surface area contributed by atoms with Gasteiger partial charge in [-0.05, 0) is 47.6 Å². The second kappa shape index (κ2) is 7.34. The molecule has 0 aliphatic carbocycles. The Balaban J connectivity index is 1.72. The van der Waals surface area contributed by atoms with E-state index in [9.17, 15) is 4.79 Å². The number of hydrogen-bond acceptors (Lipinski definition) is 2. The van der Waals surface area contributed by atoms with E-state index in [0.717, 1.165) is 12.0 Å². The Morgan fingerprint density at radius 1 is 0.870 bits per heavy atom. The molecule has 0 aliphatic rings. The van der Waals surface area contributed by atoms with Crippen LogP contribution in [-0.4, -0.2) is 10.8 Å². The summed E-state index contributed by atoms with van der Waals surface area (Å²) in [6.07, 6.45) is 4.85. The third kappa shape index (κ3) is 4.14. The van der Waals surface area contributed by atoms with E-state index in [1.165, 1.54) is 16.0 Å². The van der Waals surface area contributed by atoms with Gasteiger partial charge in [0.25, 0.3) is 5.56 Å². The third-order valence-electron chi connectivity index (χ3n) is 3.82. The fourth-order valence-electron chi connectivity index (χ4n) is 2.57. The van der Waals surface area contributed by atoms with Gasteiger partial charge in [-0.15, -0.1) is 11.8 Å². The summed E-state index contributed by atoms with van der Waals surface area (Å²) in [4.78, 5) is 13.0. The quantitative estimate of drug-likeness (QED) is 0.657. The van der Waals surface area contributed by atoms with Crippen molar-refractivity contribution in [1.29, 1.82) is 0 Å². The largest absolute Gasteiger partial charge is 0.311 e. The van der Waals surface area contributed by atoms with Gasteiger partial charge >= 0.3 is 0 Å². The second-order valence-electron chi connectivity index (χ2n) is 5.51. The lowest BCUT2D eigenvalue weighted by Crippen LogP contribution is -2.18. The van der Waals surface area contributed by atoms with Crippen LogP contribution in [0.2, 0.25) is 0 Å². The van der Waals surface area contributed by atoms with Gasteiger partial charge in [0.2, 0.25) is 0 Å². The maximum atomic E-state index is 11.8. The molecule has 0 spiro atoms. The van der Waals surface area contributed by atoms with Crippen molar-refractivity contribution in [3.63, 3.8) is 0 Å². The number of benzene rings is 2. The van der Waals surface area contributed by atoms with E-state index >= 15 is 0 Å². The standard InChI is InChI=1S/C20H19NOS/c1-23-19-6-4-5-18(14-19)13-16-8-10-17(11-9-16)15-21-12-3-2-7-20(21)22/h2-12,14H,13,15H2,1H3.